The van der Waals surface area contributed by atoms with Gasteiger partial charge < -0.3 is 14.5 Å². The lowest BCUT2D eigenvalue weighted by atomic mass is 10.0. The van der Waals surface area contributed by atoms with Gasteiger partial charge in [0.1, 0.15) is 12.1 Å². The van der Waals surface area contributed by atoms with E-state index >= 15 is 0 Å². The van der Waals surface area contributed by atoms with Crippen molar-refractivity contribution in [2.24, 2.45) is 5.92 Å². The number of nitrogens with zero attached hydrogens (tertiary/aromatic N) is 4. The number of hydrogen-bond acceptors (Lipinski definition) is 6. The van der Waals surface area contributed by atoms with Gasteiger partial charge in [0.15, 0.2) is 0 Å². The normalized spacial score (nSPS) is 14.0. The van der Waals surface area contributed by atoms with Crippen LogP contribution in [0.15, 0.2) is 65.6 Å². The summed E-state index contributed by atoms with van der Waals surface area (Å²) in [5, 5.41) is 4.93. The maximum atomic E-state index is 13.1. The molecule has 5 rings (SSSR count). The van der Waals surface area contributed by atoms with Gasteiger partial charge in [0.05, 0.1) is 24.3 Å². The molecule has 2 aromatic heterocycles. The van der Waals surface area contributed by atoms with E-state index < -0.39 is 0 Å². The highest BCUT2D eigenvalue weighted by Crippen LogP contribution is 2.30. The Morgan fingerprint density at radius 3 is 2.69 bits per heavy atom. The number of fused-ring (bicyclic) bond motifs is 1. The molecule has 1 aliphatic rings. The molecule has 0 radical (unpaired) electrons. The molecule has 0 N–H and O–H groups in total. The molecule has 0 saturated carbocycles. The Morgan fingerprint density at radius 1 is 1.09 bits per heavy atom. The number of anilines is 1. The molecule has 2 aromatic carbocycles. The number of ether oxygens (including phenoxy) is 1. The summed E-state index contributed by atoms with van der Waals surface area (Å²) in [7, 11) is 0. The van der Waals surface area contributed by atoms with E-state index in [1.165, 1.54) is 0 Å². The highest BCUT2D eigenvalue weighted by Gasteiger charge is 2.19. The van der Waals surface area contributed by atoms with Crippen molar-refractivity contribution in [1.82, 2.24) is 14.9 Å². The van der Waals surface area contributed by atoms with E-state index in [0.29, 0.717) is 25.7 Å². The fourth-order valence-electron chi connectivity index (χ4n) is 4.55. The molecular weight excluding hydrogens is 456 g/mol. The van der Waals surface area contributed by atoms with Crippen LogP contribution < -0.4 is 4.90 Å². The van der Waals surface area contributed by atoms with E-state index in [4.69, 9.17) is 4.74 Å². The second kappa shape index (κ2) is 10.5. The van der Waals surface area contributed by atoms with Crippen LogP contribution in [0, 0.1) is 5.92 Å². The zero-order valence-corrected chi connectivity index (χ0v) is 21.0. The zero-order valence-electron chi connectivity index (χ0n) is 20.2. The number of aromatic nitrogens is 2. The molecule has 0 unspecified atom stereocenters. The number of rotatable bonds is 7. The van der Waals surface area contributed by atoms with Crippen LogP contribution >= 0.6 is 11.3 Å². The number of hydrogen-bond donors (Lipinski definition) is 0. The van der Waals surface area contributed by atoms with Crippen LogP contribution in [0.4, 0.5) is 5.82 Å². The fourth-order valence-corrected chi connectivity index (χ4v) is 5.18. The zero-order chi connectivity index (χ0) is 24.2. The molecule has 180 valence electrons. The van der Waals surface area contributed by atoms with Gasteiger partial charge >= 0.3 is 0 Å². The largest absolute Gasteiger partial charge is 0.378 e. The summed E-state index contributed by atoms with van der Waals surface area (Å²) in [5.74, 6) is 1.43. The van der Waals surface area contributed by atoms with Crippen LogP contribution in [-0.4, -0.2) is 53.6 Å². The summed E-state index contributed by atoms with van der Waals surface area (Å²) < 4.78 is 5.52. The molecule has 7 heteroatoms. The fraction of sp³-hybridized carbons (Fsp3) is 0.321. The molecule has 0 aliphatic carbocycles. The molecule has 3 heterocycles. The molecule has 1 amide bonds. The van der Waals surface area contributed by atoms with Crippen molar-refractivity contribution < 1.29 is 9.53 Å². The van der Waals surface area contributed by atoms with Crippen LogP contribution in [-0.2, 0) is 11.3 Å². The van der Waals surface area contributed by atoms with Crippen molar-refractivity contribution in [3.63, 3.8) is 0 Å². The SMILES string of the molecule is CC(C)CN(Cc1cccc(-c2ccc3ncnc(N4CCOCC4)c3c2)c1)C(=O)c1ccsc1. The third kappa shape index (κ3) is 5.36. The molecule has 1 saturated heterocycles. The highest BCUT2D eigenvalue weighted by molar-refractivity contribution is 7.08. The molecule has 1 fully saturated rings. The van der Waals surface area contributed by atoms with Gasteiger partial charge in [-0.05, 0) is 52.3 Å². The van der Waals surface area contributed by atoms with Crippen LogP contribution in [0.5, 0.6) is 0 Å². The van der Waals surface area contributed by atoms with Crippen molar-refractivity contribution in [2.45, 2.75) is 20.4 Å². The van der Waals surface area contributed by atoms with E-state index in [1.807, 2.05) is 21.7 Å². The maximum Gasteiger partial charge on any atom is 0.255 e. The number of carbonyl (C=O) groups excluding carboxylic acids is 1. The Kier molecular flexibility index (Phi) is 7.06. The number of thiophene rings is 1. The molecule has 0 bridgehead atoms. The predicted octanol–water partition coefficient (Wildman–Crippen LogP) is 5.49. The van der Waals surface area contributed by atoms with Crippen molar-refractivity contribution in [1.29, 1.82) is 0 Å². The first-order valence-corrected chi connectivity index (χ1v) is 13.0. The highest BCUT2D eigenvalue weighted by atomic mass is 32.1. The molecule has 1 aliphatic heterocycles. The van der Waals surface area contributed by atoms with Gasteiger partial charge in [-0.1, -0.05) is 38.1 Å². The van der Waals surface area contributed by atoms with E-state index in [2.05, 4.69) is 71.2 Å². The molecule has 6 nitrogen and oxygen atoms in total. The van der Waals surface area contributed by atoms with Gasteiger partial charge in [-0.25, -0.2) is 9.97 Å². The van der Waals surface area contributed by atoms with Crippen molar-refractivity contribution in [2.75, 3.05) is 37.7 Å². The van der Waals surface area contributed by atoms with Crippen LogP contribution in [0.3, 0.4) is 0 Å². The average Bonchev–Trinajstić information content (AvgIpc) is 3.43. The maximum absolute atomic E-state index is 13.1. The number of carbonyl (C=O) groups is 1. The van der Waals surface area contributed by atoms with E-state index in [-0.39, 0.29) is 5.91 Å². The number of morpholine rings is 1. The second-order valence-corrected chi connectivity index (χ2v) is 10.1. The van der Waals surface area contributed by atoms with Gasteiger partial charge in [0.2, 0.25) is 0 Å². The Morgan fingerprint density at radius 2 is 1.91 bits per heavy atom. The van der Waals surface area contributed by atoms with Crippen LogP contribution in [0.2, 0.25) is 0 Å². The monoisotopic (exact) mass is 486 g/mol. The first kappa shape index (κ1) is 23.5. The number of benzene rings is 2. The minimum Gasteiger partial charge on any atom is -0.378 e. The second-order valence-electron chi connectivity index (χ2n) is 9.32. The van der Waals surface area contributed by atoms with Gasteiger partial charge in [0, 0.05) is 36.9 Å². The molecule has 4 aromatic rings. The average molecular weight is 487 g/mol. The lowest BCUT2D eigenvalue weighted by molar-refractivity contribution is 0.0723. The number of amides is 1. The summed E-state index contributed by atoms with van der Waals surface area (Å²) in [6.07, 6.45) is 1.64. The van der Waals surface area contributed by atoms with Gasteiger partial charge in [-0.2, -0.15) is 11.3 Å². The summed E-state index contributed by atoms with van der Waals surface area (Å²) >= 11 is 1.55. The summed E-state index contributed by atoms with van der Waals surface area (Å²) in [5.41, 5.74) is 5.05. The quantitative estimate of drug-likeness (QED) is 0.346. The summed E-state index contributed by atoms with van der Waals surface area (Å²) in [6.45, 7) is 8.67. The minimum absolute atomic E-state index is 0.0864. The summed E-state index contributed by atoms with van der Waals surface area (Å²) in [6, 6.07) is 16.7. The smallest absolute Gasteiger partial charge is 0.255 e. The van der Waals surface area contributed by atoms with Gasteiger partial charge in [-0.3, -0.25) is 4.79 Å². The Hall–Kier alpha value is -3.29. The van der Waals surface area contributed by atoms with E-state index in [1.54, 1.807) is 17.7 Å². The Bertz CT molecular complexity index is 1300. The lowest BCUT2D eigenvalue weighted by Crippen LogP contribution is -2.36. The third-order valence-corrected chi connectivity index (χ3v) is 6.88. The Labute approximate surface area is 210 Å². The standard InChI is InChI=1S/C28H30N4O2S/c1-20(2)16-32(28(33)24-8-13-35-18-24)17-21-4-3-5-22(14-21)23-6-7-26-25(15-23)27(30-19-29-26)31-9-11-34-12-10-31/h3-8,13-15,18-20H,9-12,16-17H2,1-2H3. The van der Waals surface area contributed by atoms with Gasteiger partial charge in [-0.15, -0.1) is 0 Å². The van der Waals surface area contributed by atoms with Crippen molar-refractivity contribution in [3.05, 3.63) is 76.7 Å². The van der Waals surface area contributed by atoms with Gasteiger partial charge in [0.25, 0.3) is 5.91 Å². The van der Waals surface area contributed by atoms with E-state index in [0.717, 1.165) is 58.6 Å². The molecule has 0 spiro atoms. The van der Waals surface area contributed by atoms with E-state index in [9.17, 15) is 4.79 Å². The third-order valence-electron chi connectivity index (χ3n) is 6.20. The molecule has 0 atom stereocenters. The minimum atomic E-state index is 0.0864. The van der Waals surface area contributed by atoms with Crippen molar-refractivity contribution in [3.8, 4) is 11.1 Å². The Balaban J connectivity index is 1.44. The predicted molar refractivity (Wildman–Crippen MR) is 142 cm³/mol. The first-order valence-electron chi connectivity index (χ1n) is 12.1. The first-order chi connectivity index (χ1) is 17.1. The molecule has 35 heavy (non-hydrogen) atoms. The van der Waals surface area contributed by atoms with Crippen LogP contribution in [0.25, 0.3) is 22.0 Å². The lowest BCUT2D eigenvalue weighted by Gasteiger charge is -2.28. The topological polar surface area (TPSA) is 58.6 Å². The van der Waals surface area contributed by atoms with Crippen molar-refractivity contribution >= 4 is 34.0 Å². The summed E-state index contributed by atoms with van der Waals surface area (Å²) in [4.78, 5) is 26.5. The molecular formula is C28H30N4O2S. The van der Waals surface area contributed by atoms with Crippen LogP contribution in [0.1, 0.15) is 29.8 Å².